The van der Waals surface area contributed by atoms with Crippen LogP contribution in [0.4, 0.5) is 0 Å². The van der Waals surface area contributed by atoms with Gasteiger partial charge in [0.1, 0.15) is 6.10 Å². The Bertz CT molecular complexity index is 2020. The second kappa shape index (κ2) is 16.0. The number of aliphatic hydroxyl groups excluding tert-OH is 1. The first kappa shape index (κ1) is 46.1. The molecule has 5 aliphatic carbocycles. The first-order valence-electron chi connectivity index (χ1n) is 22.6. The van der Waals surface area contributed by atoms with Gasteiger partial charge in [-0.15, -0.1) is 0 Å². The number of hydrogen-bond acceptors (Lipinski definition) is 8. The minimum absolute atomic E-state index is 0.0214. The molecule has 5 aliphatic rings. The van der Waals surface area contributed by atoms with Crippen LogP contribution in [0.25, 0.3) is 5.70 Å². The van der Waals surface area contributed by atoms with Gasteiger partial charge in [0, 0.05) is 30.4 Å². The van der Waals surface area contributed by atoms with Crippen molar-refractivity contribution in [3.05, 3.63) is 52.1 Å². The molecule has 6 rings (SSSR count). The van der Waals surface area contributed by atoms with Gasteiger partial charge in [-0.05, 0) is 137 Å². The highest BCUT2D eigenvalue weighted by molar-refractivity contribution is 5.81. The van der Waals surface area contributed by atoms with Gasteiger partial charge in [0.25, 0.3) is 5.56 Å². The molecule has 2 unspecified atom stereocenters. The normalized spacial score (nSPS) is 35.4. The number of carboxylic acid groups (broad SMARTS) is 1. The van der Waals surface area contributed by atoms with Crippen molar-refractivity contribution in [1.82, 2.24) is 14.3 Å². The molecular weight excluding hydrogens is 757 g/mol. The largest absolute Gasteiger partial charge is 0.484 e. The Kier molecular flexibility index (Phi) is 12.3. The number of allylic oxidation sites excluding steroid dienone is 3. The number of rotatable bonds is 12. The number of carboxylic acids is 1. The van der Waals surface area contributed by atoms with Gasteiger partial charge in [-0.2, -0.15) is 0 Å². The lowest BCUT2D eigenvalue weighted by atomic mass is 9.33. The number of hydrogen-bond donors (Lipinski definition) is 2. The average Bonchev–Trinajstić information content (AvgIpc) is 3.65. The lowest BCUT2D eigenvalue weighted by molar-refractivity contribution is -0.232. The Morgan fingerprint density at radius 2 is 1.72 bits per heavy atom. The van der Waals surface area contributed by atoms with Crippen molar-refractivity contribution in [3.8, 4) is 0 Å². The van der Waals surface area contributed by atoms with Crippen molar-refractivity contribution >= 4 is 23.5 Å². The first-order chi connectivity index (χ1) is 27.9. The number of methoxy groups -OCH3 is 1. The van der Waals surface area contributed by atoms with Crippen LogP contribution in [0.2, 0.25) is 0 Å². The Labute approximate surface area is 359 Å². The Morgan fingerprint density at radius 1 is 1.03 bits per heavy atom. The van der Waals surface area contributed by atoms with Gasteiger partial charge in [-0.25, -0.2) is 9.67 Å². The standard InChI is InChI=1S/C49H76N4O7/c1-15-32(29-50-31(4)59-14)53-39(55)26-37(52(53)25-24-51(12)13)49-23-22-47(10)33(42(49)41(30(2)3)34(54)27-49)16-17-36-46(9)20-19-38(60-40(56)28-44(5,6)43(57)58)45(7,8)35(46)18-21-48(36,47)11/h15,26,29-30,33-36,38,54H,1,16-25,27-28H2,2-14H3,(H,57,58)/b32-29+,50-31+/t33?,34-,35-,36+,38-,46-,47+,48?,49-/m0/s1. The summed E-state index contributed by atoms with van der Waals surface area (Å²) in [6, 6.07) is 1.84. The summed E-state index contributed by atoms with van der Waals surface area (Å²) in [6.07, 6.45) is 10.7. The second-order valence-corrected chi connectivity index (χ2v) is 21.9. The zero-order valence-corrected chi connectivity index (χ0v) is 39.1. The summed E-state index contributed by atoms with van der Waals surface area (Å²) in [5.41, 5.74) is 2.04. The van der Waals surface area contributed by atoms with Gasteiger partial charge < -0.3 is 24.6 Å². The van der Waals surface area contributed by atoms with Crippen LogP contribution < -0.4 is 5.56 Å². The van der Waals surface area contributed by atoms with Gasteiger partial charge in [-0.3, -0.25) is 19.1 Å². The number of carbonyl (C=O) groups is 2. The van der Waals surface area contributed by atoms with E-state index in [0.717, 1.165) is 63.6 Å². The third-order valence-electron chi connectivity index (χ3n) is 17.4. The molecular formula is C49H76N4O7. The highest BCUT2D eigenvalue weighted by atomic mass is 16.5. The summed E-state index contributed by atoms with van der Waals surface area (Å²) in [5, 5.41) is 21.9. The van der Waals surface area contributed by atoms with E-state index < -0.39 is 28.9 Å². The maximum absolute atomic E-state index is 14.4. The molecule has 11 heteroatoms. The minimum atomic E-state index is -1.18. The Morgan fingerprint density at radius 3 is 2.32 bits per heavy atom. The number of carbonyl (C=O) groups excluding carboxylic acids is 1. The van der Waals surface area contributed by atoms with E-state index in [4.69, 9.17) is 9.47 Å². The van der Waals surface area contributed by atoms with Crippen LogP contribution in [-0.2, 0) is 31.0 Å². The van der Waals surface area contributed by atoms with Crippen molar-refractivity contribution in [3.63, 3.8) is 0 Å². The predicted molar refractivity (Wildman–Crippen MR) is 237 cm³/mol. The quantitative estimate of drug-likeness (QED) is 0.0703. The molecule has 0 spiro atoms. The van der Waals surface area contributed by atoms with Crippen LogP contribution in [0.1, 0.15) is 139 Å². The fourth-order valence-corrected chi connectivity index (χ4v) is 14.0. The van der Waals surface area contributed by atoms with E-state index in [1.54, 1.807) is 44.8 Å². The molecule has 0 saturated heterocycles. The Hall–Kier alpha value is -3.44. The van der Waals surface area contributed by atoms with Crippen LogP contribution in [0.15, 0.2) is 45.9 Å². The highest BCUT2D eigenvalue weighted by Crippen LogP contribution is 2.77. The number of esters is 1. The smallest absolute Gasteiger partial charge is 0.309 e. The molecule has 1 heterocycles. The number of aliphatic imine (C=N–C) groups is 1. The highest BCUT2D eigenvalue weighted by Gasteiger charge is 2.70. The summed E-state index contributed by atoms with van der Waals surface area (Å²) < 4.78 is 15.4. The monoisotopic (exact) mass is 833 g/mol. The van der Waals surface area contributed by atoms with Crippen molar-refractivity contribution in [2.45, 2.75) is 158 Å². The average molecular weight is 833 g/mol. The van der Waals surface area contributed by atoms with Crippen LogP contribution in [0.3, 0.4) is 0 Å². The molecule has 9 atom stereocenters. The lowest BCUT2D eigenvalue weighted by Gasteiger charge is -2.72. The van der Waals surface area contributed by atoms with Crippen LogP contribution in [0, 0.1) is 50.7 Å². The number of ether oxygens (including phenoxy) is 2. The number of fused-ring (bicyclic) bond motifs is 7. The molecule has 0 aliphatic heterocycles. The summed E-state index contributed by atoms with van der Waals surface area (Å²) in [7, 11) is 5.67. The van der Waals surface area contributed by atoms with Crippen LogP contribution >= 0.6 is 0 Å². The molecule has 0 aromatic carbocycles. The van der Waals surface area contributed by atoms with E-state index in [-0.39, 0.29) is 51.6 Å². The number of aliphatic carboxylic acids is 1. The van der Waals surface area contributed by atoms with E-state index in [2.05, 4.69) is 69.6 Å². The van der Waals surface area contributed by atoms with Gasteiger partial charge in [-0.1, -0.05) is 60.6 Å². The molecule has 1 aromatic rings. The molecule has 2 N–H and O–H groups in total. The van der Waals surface area contributed by atoms with Crippen molar-refractivity contribution < 1.29 is 29.3 Å². The van der Waals surface area contributed by atoms with E-state index >= 15 is 0 Å². The zero-order valence-electron chi connectivity index (χ0n) is 39.1. The molecule has 0 bridgehead atoms. The second-order valence-electron chi connectivity index (χ2n) is 21.9. The SMILES string of the molecule is C=C/C(=C\N=C(/C)OC)n1c(=O)cc([C@@]23CC[C@]4(C)C(CC[C@H]5C4(C)CC[C@H]4C(C)(C)[C@@H](OC(=O)CC(C)(C)C(=O)O)CC[C@@]45C)C2=C(C(C)C)[C@@H](O)C3)n1CCN(C)C. The molecule has 1 aromatic heterocycles. The molecule has 4 fully saturated rings. The lowest BCUT2D eigenvalue weighted by Crippen LogP contribution is -2.66. The number of aliphatic hydroxyl groups is 1. The maximum Gasteiger partial charge on any atom is 0.309 e. The van der Waals surface area contributed by atoms with E-state index in [9.17, 15) is 24.6 Å². The molecule has 0 amide bonds. The topological polar surface area (TPSA) is 136 Å². The van der Waals surface area contributed by atoms with E-state index in [0.29, 0.717) is 36.4 Å². The fraction of sp³-hybridized carbons (Fsp3) is 0.755. The van der Waals surface area contributed by atoms with Gasteiger partial charge in [0.2, 0.25) is 0 Å². The number of likely N-dealkylation sites (N-methyl/N-ethyl adjacent to an activating group) is 1. The number of aromatic nitrogens is 2. The number of nitrogens with zero attached hydrogens (tertiary/aromatic N) is 4. The summed E-state index contributed by atoms with van der Waals surface area (Å²) in [4.78, 5) is 46.0. The maximum atomic E-state index is 14.4. The third kappa shape index (κ3) is 7.19. The zero-order chi connectivity index (χ0) is 44.5. The molecule has 334 valence electrons. The van der Waals surface area contributed by atoms with Gasteiger partial charge in [0.05, 0.1) is 49.2 Å². The minimum Gasteiger partial charge on any atom is -0.484 e. The predicted octanol–water partition coefficient (Wildman–Crippen LogP) is 8.70. The van der Waals surface area contributed by atoms with Crippen molar-refractivity contribution in [1.29, 1.82) is 0 Å². The van der Waals surface area contributed by atoms with E-state index in [1.165, 1.54) is 11.1 Å². The van der Waals surface area contributed by atoms with Crippen LogP contribution in [-0.4, -0.2) is 82.3 Å². The molecule has 4 saturated carbocycles. The van der Waals surface area contributed by atoms with Gasteiger partial charge >= 0.3 is 11.9 Å². The summed E-state index contributed by atoms with van der Waals surface area (Å²) in [5.74, 6) is 0.262. The van der Waals surface area contributed by atoms with Crippen molar-refractivity contribution in [2.24, 2.45) is 55.7 Å². The van der Waals surface area contributed by atoms with Gasteiger partial charge in [0.15, 0.2) is 5.90 Å². The third-order valence-corrected chi connectivity index (χ3v) is 17.4. The van der Waals surface area contributed by atoms with Crippen molar-refractivity contribution in [2.75, 3.05) is 27.7 Å². The van der Waals surface area contributed by atoms with Crippen LogP contribution in [0.5, 0.6) is 0 Å². The molecule has 0 radical (unpaired) electrons. The summed E-state index contributed by atoms with van der Waals surface area (Å²) in [6.45, 7) is 27.0. The van der Waals surface area contributed by atoms with E-state index in [1.807, 2.05) is 20.2 Å². The fourth-order valence-electron chi connectivity index (χ4n) is 14.0. The molecule has 60 heavy (non-hydrogen) atoms. The summed E-state index contributed by atoms with van der Waals surface area (Å²) >= 11 is 0. The molecule has 11 nitrogen and oxygen atoms in total. The first-order valence-corrected chi connectivity index (χ1v) is 22.6. The Balaban J connectivity index is 1.41.